The molecule has 2 aromatic heterocycles. The second kappa shape index (κ2) is 6.99. The van der Waals surface area contributed by atoms with E-state index in [9.17, 15) is 4.79 Å². The maximum Gasteiger partial charge on any atom is 0.270 e. The summed E-state index contributed by atoms with van der Waals surface area (Å²) in [6.45, 7) is 6.44. The van der Waals surface area contributed by atoms with Crippen molar-refractivity contribution in [3.05, 3.63) is 27.9 Å². The number of rotatable bonds is 6. The highest BCUT2D eigenvalue weighted by atomic mass is 32.1. The van der Waals surface area contributed by atoms with Crippen molar-refractivity contribution in [1.29, 1.82) is 0 Å². The van der Waals surface area contributed by atoms with E-state index in [2.05, 4.69) is 24.1 Å². The molecule has 2 aromatic rings. The van der Waals surface area contributed by atoms with Crippen molar-refractivity contribution >= 4 is 28.6 Å². The summed E-state index contributed by atoms with van der Waals surface area (Å²) in [7, 11) is 0. The van der Waals surface area contributed by atoms with Crippen LogP contribution in [0.1, 0.15) is 44.1 Å². The normalized spacial score (nSPS) is 12.6. The van der Waals surface area contributed by atoms with Crippen molar-refractivity contribution in [2.75, 3.05) is 0 Å². The summed E-state index contributed by atoms with van der Waals surface area (Å²) in [5.74, 6) is 0.595. The Bertz CT molecular complexity index is 546. The van der Waals surface area contributed by atoms with Crippen molar-refractivity contribution in [3.8, 4) is 10.6 Å². The number of nitrogens with zero attached hydrogens (tertiary/aromatic N) is 1. The minimum absolute atomic E-state index is 0.0704. The maximum atomic E-state index is 12.1. The van der Waals surface area contributed by atoms with Gasteiger partial charge in [-0.1, -0.05) is 13.8 Å². The van der Waals surface area contributed by atoms with Gasteiger partial charge in [0.2, 0.25) is 0 Å². The summed E-state index contributed by atoms with van der Waals surface area (Å²) < 4.78 is 0. The predicted molar refractivity (Wildman–Crippen MR) is 86.4 cm³/mol. The molecule has 2 rings (SSSR count). The summed E-state index contributed by atoms with van der Waals surface area (Å²) in [4.78, 5) is 16.5. The molecule has 2 heterocycles. The van der Waals surface area contributed by atoms with E-state index in [1.165, 1.54) is 11.3 Å². The molecule has 0 saturated heterocycles. The van der Waals surface area contributed by atoms with E-state index in [4.69, 9.17) is 0 Å². The van der Waals surface area contributed by atoms with Gasteiger partial charge in [-0.25, -0.2) is 4.98 Å². The third-order valence-electron chi connectivity index (χ3n) is 3.06. The van der Waals surface area contributed by atoms with Gasteiger partial charge in [-0.05, 0) is 37.1 Å². The Kier molecular flexibility index (Phi) is 5.31. The number of amides is 1. The molecule has 0 fully saturated rings. The van der Waals surface area contributed by atoms with Crippen LogP contribution >= 0.6 is 22.7 Å². The second-order valence-corrected chi connectivity index (χ2v) is 7.03. The van der Waals surface area contributed by atoms with Crippen LogP contribution in [0, 0.1) is 5.92 Å². The zero-order valence-electron chi connectivity index (χ0n) is 12.1. The molecule has 108 valence electrons. The second-order valence-electron chi connectivity index (χ2n) is 5.40. The van der Waals surface area contributed by atoms with Crippen LogP contribution in [-0.4, -0.2) is 16.9 Å². The fourth-order valence-electron chi connectivity index (χ4n) is 1.85. The quantitative estimate of drug-likeness (QED) is 0.858. The van der Waals surface area contributed by atoms with Crippen LogP contribution < -0.4 is 5.32 Å². The molecule has 0 radical (unpaired) electrons. The van der Waals surface area contributed by atoms with Crippen LogP contribution in [0.2, 0.25) is 0 Å². The first-order valence-corrected chi connectivity index (χ1v) is 8.67. The zero-order chi connectivity index (χ0) is 14.5. The SMILES string of the molecule is CC(C)CCC(C)NC(=O)c1csc(-c2ccsc2)n1. The zero-order valence-corrected chi connectivity index (χ0v) is 13.7. The van der Waals surface area contributed by atoms with Gasteiger partial charge in [0.05, 0.1) is 0 Å². The van der Waals surface area contributed by atoms with E-state index >= 15 is 0 Å². The first kappa shape index (κ1) is 15.2. The van der Waals surface area contributed by atoms with Gasteiger partial charge in [0.1, 0.15) is 10.7 Å². The van der Waals surface area contributed by atoms with Crippen molar-refractivity contribution in [1.82, 2.24) is 10.3 Å². The Labute approximate surface area is 128 Å². The molecule has 1 unspecified atom stereocenters. The minimum atomic E-state index is -0.0704. The van der Waals surface area contributed by atoms with Gasteiger partial charge < -0.3 is 5.32 Å². The van der Waals surface area contributed by atoms with Gasteiger partial charge in [-0.15, -0.1) is 11.3 Å². The number of hydrogen-bond acceptors (Lipinski definition) is 4. The Hall–Kier alpha value is -1.20. The van der Waals surface area contributed by atoms with Gasteiger partial charge in [0.15, 0.2) is 0 Å². The number of hydrogen-bond donors (Lipinski definition) is 1. The molecule has 20 heavy (non-hydrogen) atoms. The Balaban J connectivity index is 1.93. The van der Waals surface area contributed by atoms with Crippen LogP contribution in [0.3, 0.4) is 0 Å². The molecule has 0 saturated carbocycles. The molecular formula is C15H20N2OS2. The third kappa shape index (κ3) is 4.15. The van der Waals surface area contributed by atoms with Crippen LogP contribution in [0.25, 0.3) is 10.6 Å². The topological polar surface area (TPSA) is 42.0 Å². The molecule has 1 atom stereocenters. The smallest absolute Gasteiger partial charge is 0.270 e. The summed E-state index contributed by atoms with van der Waals surface area (Å²) in [6.07, 6.45) is 2.13. The fourth-order valence-corrected chi connectivity index (χ4v) is 3.36. The van der Waals surface area contributed by atoms with Gasteiger partial charge in [-0.3, -0.25) is 4.79 Å². The number of carbonyl (C=O) groups is 1. The fraction of sp³-hybridized carbons (Fsp3) is 0.467. The lowest BCUT2D eigenvalue weighted by atomic mass is 10.0. The van der Waals surface area contributed by atoms with E-state index in [1.807, 2.05) is 29.1 Å². The van der Waals surface area contributed by atoms with Gasteiger partial charge in [0.25, 0.3) is 5.91 Å². The van der Waals surface area contributed by atoms with Crippen LogP contribution in [0.15, 0.2) is 22.2 Å². The number of thiophene rings is 1. The van der Waals surface area contributed by atoms with Gasteiger partial charge in [-0.2, -0.15) is 11.3 Å². The molecule has 0 bridgehead atoms. The lowest BCUT2D eigenvalue weighted by molar-refractivity contribution is 0.0933. The average Bonchev–Trinajstić information content (AvgIpc) is 3.06. The largest absolute Gasteiger partial charge is 0.348 e. The highest BCUT2D eigenvalue weighted by molar-refractivity contribution is 7.14. The van der Waals surface area contributed by atoms with Gasteiger partial charge >= 0.3 is 0 Å². The standard InChI is InChI=1S/C15H20N2OS2/c1-10(2)4-5-11(3)16-14(18)13-9-20-15(17-13)12-6-7-19-8-12/h6-11H,4-5H2,1-3H3,(H,16,18). The number of aromatic nitrogens is 1. The van der Waals surface area contributed by atoms with Crippen LogP contribution in [0.4, 0.5) is 0 Å². The number of nitrogens with one attached hydrogen (secondary N) is 1. The molecule has 3 nitrogen and oxygen atoms in total. The molecule has 0 aromatic carbocycles. The van der Waals surface area contributed by atoms with Crippen molar-refractivity contribution < 1.29 is 4.79 Å². The molecule has 1 N–H and O–H groups in total. The Morgan fingerprint density at radius 1 is 1.30 bits per heavy atom. The molecule has 1 amide bonds. The molecule has 0 aliphatic heterocycles. The average molecular weight is 308 g/mol. The first-order chi connectivity index (χ1) is 9.56. The van der Waals surface area contributed by atoms with Crippen LogP contribution in [-0.2, 0) is 0 Å². The van der Waals surface area contributed by atoms with Crippen molar-refractivity contribution in [2.45, 2.75) is 39.7 Å². The monoisotopic (exact) mass is 308 g/mol. The van der Waals surface area contributed by atoms with Crippen molar-refractivity contribution in [2.24, 2.45) is 5.92 Å². The van der Waals surface area contributed by atoms with Gasteiger partial charge in [0, 0.05) is 22.4 Å². The summed E-state index contributed by atoms with van der Waals surface area (Å²) in [5, 5.41) is 9.82. The number of thiazole rings is 1. The molecule has 0 aliphatic carbocycles. The Morgan fingerprint density at radius 2 is 2.10 bits per heavy atom. The summed E-state index contributed by atoms with van der Waals surface area (Å²) in [6, 6.07) is 2.22. The molecule has 0 aliphatic rings. The highest BCUT2D eigenvalue weighted by Crippen LogP contribution is 2.25. The molecular weight excluding hydrogens is 288 g/mol. The summed E-state index contributed by atoms with van der Waals surface area (Å²) in [5.41, 5.74) is 1.61. The number of carbonyl (C=O) groups excluding carboxylic acids is 1. The van der Waals surface area contributed by atoms with E-state index < -0.39 is 0 Å². The molecule has 5 heteroatoms. The lowest BCUT2D eigenvalue weighted by Crippen LogP contribution is -2.32. The van der Waals surface area contributed by atoms with E-state index in [0.29, 0.717) is 11.6 Å². The van der Waals surface area contributed by atoms with E-state index in [1.54, 1.807) is 11.3 Å². The van der Waals surface area contributed by atoms with Crippen LogP contribution in [0.5, 0.6) is 0 Å². The van der Waals surface area contributed by atoms with E-state index in [-0.39, 0.29) is 11.9 Å². The predicted octanol–water partition coefficient (Wildman–Crippen LogP) is 4.43. The Morgan fingerprint density at radius 3 is 2.75 bits per heavy atom. The third-order valence-corrected chi connectivity index (χ3v) is 4.63. The van der Waals surface area contributed by atoms with Crippen molar-refractivity contribution in [3.63, 3.8) is 0 Å². The first-order valence-electron chi connectivity index (χ1n) is 6.85. The molecule has 0 spiro atoms. The highest BCUT2D eigenvalue weighted by Gasteiger charge is 2.14. The van der Waals surface area contributed by atoms with E-state index in [0.717, 1.165) is 23.4 Å². The maximum absolute atomic E-state index is 12.1. The lowest BCUT2D eigenvalue weighted by Gasteiger charge is -2.14. The summed E-state index contributed by atoms with van der Waals surface area (Å²) >= 11 is 3.15. The minimum Gasteiger partial charge on any atom is -0.348 e.